The molecule has 248 valence electrons. The summed E-state index contributed by atoms with van der Waals surface area (Å²) in [5, 5.41) is 1.32. The zero-order valence-corrected chi connectivity index (χ0v) is 28.9. The van der Waals surface area contributed by atoms with E-state index < -0.39 is 15.4 Å². The van der Waals surface area contributed by atoms with E-state index in [4.69, 9.17) is 21.1 Å². The molecule has 1 aliphatic rings. The Morgan fingerprint density at radius 2 is 1.74 bits per heavy atom. The average molecular weight is 677 g/mol. The van der Waals surface area contributed by atoms with Crippen LogP contribution < -0.4 is 9.47 Å². The first-order chi connectivity index (χ1) is 22.5. The van der Waals surface area contributed by atoms with E-state index in [1.165, 1.54) is 4.31 Å². The molecule has 0 bridgehead atoms. The Morgan fingerprint density at radius 1 is 1.02 bits per heavy atom. The highest BCUT2D eigenvalue weighted by atomic mass is 35.5. The van der Waals surface area contributed by atoms with Crippen molar-refractivity contribution in [1.29, 1.82) is 0 Å². The van der Waals surface area contributed by atoms with Crippen molar-refractivity contribution in [2.45, 2.75) is 52.9 Å². The molecule has 1 atom stereocenters. The standard InChI is InChI=1S/C36H41ClN4O5S/c1-6-30-21-36(3,7-2)35(42)41(30)25-31-20-28-19-29(37)22-38-34(28)40(31)16-9-17-47(43,44)39(23-26-12-14-32(45-4)15-13-26)24-27-10-8-11-33(18-27)46-5/h6,8,10-15,18-22H,1,7,9,16-17,23-25H2,2-5H3. The van der Waals surface area contributed by atoms with Gasteiger partial charge in [-0.1, -0.05) is 49.4 Å². The number of benzene rings is 2. The van der Waals surface area contributed by atoms with Gasteiger partial charge in [0.25, 0.3) is 0 Å². The number of rotatable bonds is 15. The molecule has 0 saturated carbocycles. The monoisotopic (exact) mass is 676 g/mol. The second-order valence-electron chi connectivity index (χ2n) is 11.9. The first-order valence-corrected chi connectivity index (χ1v) is 17.5. The number of halogens is 1. The van der Waals surface area contributed by atoms with E-state index in [0.717, 1.165) is 27.9 Å². The summed E-state index contributed by atoms with van der Waals surface area (Å²) >= 11 is 6.29. The number of carbonyl (C=O) groups excluding carboxylic acids is 1. The molecule has 4 aromatic rings. The number of nitrogens with zero attached hydrogens (tertiary/aromatic N) is 4. The molecular weight excluding hydrogens is 636 g/mol. The van der Waals surface area contributed by atoms with Crippen LogP contribution in [0.3, 0.4) is 0 Å². The van der Waals surface area contributed by atoms with E-state index in [-0.39, 0.29) is 24.7 Å². The Balaban J connectivity index is 1.40. The first kappa shape index (κ1) is 34.2. The number of ether oxygens (including phenoxy) is 2. The number of aromatic nitrogens is 2. The van der Waals surface area contributed by atoms with Gasteiger partial charge in [0.1, 0.15) is 17.1 Å². The fourth-order valence-electron chi connectivity index (χ4n) is 5.89. The van der Waals surface area contributed by atoms with E-state index >= 15 is 0 Å². The topological polar surface area (TPSA) is 94.0 Å². The van der Waals surface area contributed by atoms with Crippen molar-refractivity contribution in [2.24, 2.45) is 5.41 Å². The van der Waals surface area contributed by atoms with E-state index in [9.17, 15) is 13.2 Å². The highest BCUT2D eigenvalue weighted by Crippen LogP contribution is 2.37. The van der Waals surface area contributed by atoms with Crippen molar-refractivity contribution >= 4 is 38.6 Å². The lowest BCUT2D eigenvalue weighted by atomic mass is 9.88. The van der Waals surface area contributed by atoms with Gasteiger partial charge < -0.3 is 18.9 Å². The van der Waals surface area contributed by atoms with Gasteiger partial charge in [0.2, 0.25) is 15.9 Å². The minimum atomic E-state index is -3.72. The third kappa shape index (κ3) is 7.56. The summed E-state index contributed by atoms with van der Waals surface area (Å²) in [6, 6.07) is 18.6. The van der Waals surface area contributed by atoms with E-state index in [1.807, 2.05) is 85.2 Å². The summed E-state index contributed by atoms with van der Waals surface area (Å²) in [4.78, 5) is 19.8. The molecule has 1 unspecified atom stereocenters. The number of aryl methyl sites for hydroxylation is 1. The normalized spacial score (nSPS) is 16.6. The fourth-order valence-corrected chi connectivity index (χ4v) is 7.50. The lowest BCUT2D eigenvalue weighted by Gasteiger charge is -2.25. The zero-order chi connectivity index (χ0) is 33.8. The van der Waals surface area contributed by atoms with Crippen LogP contribution in [0.4, 0.5) is 0 Å². The van der Waals surface area contributed by atoms with Crippen molar-refractivity contribution < 1.29 is 22.7 Å². The largest absolute Gasteiger partial charge is 0.497 e. The van der Waals surface area contributed by atoms with Gasteiger partial charge in [0.05, 0.1) is 37.0 Å². The molecule has 2 aromatic carbocycles. The second-order valence-corrected chi connectivity index (χ2v) is 14.5. The third-order valence-corrected chi connectivity index (χ3v) is 10.8. The maximum absolute atomic E-state index is 14.0. The van der Waals surface area contributed by atoms with Gasteiger partial charge in [-0.15, -0.1) is 0 Å². The average Bonchev–Trinajstić information content (AvgIpc) is 3.53. The minimum Gasteiger partial charge on any atom is -0.497 e. The molecule has 0 fully saturated rings. The number of fused-ring (bicyclic) bond motifs is 1. The number of hydrogen-bond donors (Lipinski definition) is 0. The Hall–Kier alpha value is -4.12. The second kappa shape index (κ2) is 14.3. The molecule has 0 radical (unpaired) electrons. The van der Waals surface area contributed by atoms with Crippen LogP contribution in [0.5, 0.6) is 11.5 Å². The molecule has 0 aliphatic carbocycles. The molecule has 9 nitrogen and oxygen atoms in total. The van der Waals surface area contributed by atoms with Crippen LogP contribution >= 0.6 is 11.6 Å². The highest BCUT2D eigenvalue weighted by Gasteiger charge is 2.40. The summed E-state index contributed by atoms with van der Waals surface area (Å²) in [6.45, 7) is 8.92. The number of pyridine rings is 1. The summed E-state index contributed by atoms with van der Waals surface area (Å²) in [7, 11) is -0.541. The Kier molecular flexibility index (Phi) is 10.4. The molecular formula is C36H41ClN4O5S. The molecule has 1 amide bonds. The Bertz CT molecular complexity index is 1900. The molecule has 1 aliphatic heterocycles. The summed E-state index contributed by atoms with van der Waals surface area (Å²) in [6.07, 6.45) is 6.24. The predicted octanol–water partition coefficient (Wildman–Crippen LogP) is 6.96. The Labute approximate surface area is 282 Å². The van der Waals surface area contributed by atoms with Crippen LogP contribution in [-0.2, 0) is 41.0 Å². The highest BCUT2D eigenvalue weighted by molar-refractivity contribution is 7.89. The van der Waals surface area contributed by atoms with Gasteiger partial charge in [-0.05, 0) is 79.4 Å². The van der Waals surface area contributed by atoms with Crippen LogP contribution in [0.15, 0.2) is 91.3 Å². The molecule has 5 rings (SSSR count). The SMILES string of the molecule is C=CC1=CC(C)(CC)C(=O)N1Cc1cc2cc(Cl)cnc2n1CCCS(=O)(=O)N(Cc1ccc(OC)cc1)Cc1cccc(OC)c1. The third-order valence-electron chi connectivity index (χ3n) is 8.75. The molecule has 0 saturated heterocycles. The molecule has 47 heavy (non-hydrogen) atoms. The maximum atomic E-state index is 14.0. The van der Waals surface area contributed by atoms with Gasteiger partial charge in [0, 0.05) is 42.6 Å². The number of amides is 1. The molecule has 0 N–H and O–H groups in total. The maximum Gasteiger partial charge on any atom is 0.237 e. The van der Waals surface area contributed by atoms with Crippen molar-refractivity contribution in [3.63, 3.8) is 0 Å². The van der Waals surface area contributed by atoms with Gasteiger partial charge in [-0.2, -0.15) is 4.31 Å². The minimum absolute atomic E-state index is 0.00647. The van der Waals surface area contributed by atoms with E-state index in [1.54, 1.807) is 31.4 Å². The van der Waals surface area contributed by atoms with Crippen LogP contribution in [0.2, 0.25) is 5.02 Å². The summed E-state index contributed by atoms with van der Waals surface area (Å²) in [5.74, 6) is 1.28. The molecule has 0 spiro atoms. The van der Waals surface area contributed by atoms with Gasteiger partial charge in [-0.3, -0.25) is 4.79 Å². The van der Waals surface area contributed by atoms with Crippen molar-refractivity contribution in [1.82, 2.24) is 18.8 Å². The van der Waals surface area contributed by atoms with E-state index in [2.05, 4.69) is 11.6 Å². The predicted molar refractivity (Wildman–Crippen MR) is 186 cm³/mol. The van der Waals surface area contributed by atoms with Crippen LogP contribution in [-0.4, -0.2) is 53.1 Å². The van der Waals surface area contributed by atoms with Crippen LogP contribution in [0, 0.1) is 5.41 Å². The van der Waals surface area contributed by atoms with Gasteiger partial charge in [0.15, 0.2) is 0 Å². The first-order valence-electron chi connectivity index (χ1n) is 15.5. The molecule has 3 heterocycles. The van der Waals surface area contributed by atoms with Crippen LogP contribution in [0.25, 0.3) is 11.0 Å². The molecule has 2 aromatic heterocycles. The number of sulfonamides is 1. The van der Waals surface area contributed by atoms with Crippen molar-refractivity contribution in [2.75, 3.05) is 20.0 Å². The number of allylic oxidation sites excluding steroid dienone is 1. The number of hydrogen-bond acceptors (Lipinski definition) is 6. The molecule has 11 heteroatoms. The quantitative estimate of drug-likeness (QED) is 0.135. The van der Waals surface area contributed by atoms with Gasteiger partial charge >= 0.3 is 0 Å². The van der Waals surface area contributed by atoms with Gasteiger partial charge in [-0.25, -0.2) is 13.4 Å². The number of methoxy groups -OCH3 is 2. The smallest absolute Gasteiger partial charge is 0.237 e. The van der Waals surface area contributed by atoms with Crippen LogP contribution in [0.1, 0.15) is 43.5 Å². The number of carbonyl (C=O) groups is 1. The van der Waals surface area contributed by atoms with Crippen molar-refractivity contribution in [3.8, 4) is 11.5 Å². The lowest BCUT2D eigenvalue weighted by Crippen LogP contribution is -2.34. The zero-order valence-electron chi connectivity index (χ0n) is 27.3. The lowest BCUT2D eigenvalue weighted by molar-refractivity contribution is -0.135. The fraction of sp³-hybridized carbons (Fsp3) is 0.333. The van der Waals surface area contributed by atoms with Crippen molar-refractivity contribution in [3.05, 3.63) is 113 Å². The summed E-state index contributed by atoms with van der Waals surface area (Å²) in [5.41, 5.74) is 3.34. The Morgan fingerprint density at radius 3 is 2.43 bits per heavy atom. The van der Waals surface area contributed by atoms with E-state index in [0.29, 0.717) is 48.1 Å². The summed E-state index contributed by atoms with van der Waals surface area (Å²) < 4.78 is 42.2.